The molecule has 2 unspecified atom stereocenters. The van der Waals surface area contributed by atoms with Crippen molar-refractivity contribution in [3.63, 3.8) is 0 Å². The molecule has 0 radical (unpaired) electrons. The third-order valence-electron chi connectivity index (χ3n) is 4.38. The molecule has 4 nitrogen and oxygen atoms in total. The molecule has 3 rings (SSSR count). The molecule has 2 fully saturated rings. The second-order valence-corrected chi connectivity index (χ2v) is 5.70. The van der Waals surface area contributed by atoms with Gasteiger partial charge in [-0.2, -0.15) is 5.26 Å². The van der Waals surface area contributed by atoms with Crippen LogP contribution in [-0.2, 0) is 0 Å². The van der Waals surface area contributed by atoms with Crippen molar-refractivity contribution in [3.05, 3.63) is 22.9 Å². The SMILES string of the molecule is Cc1cc(C)c(C#N)c(NC2CCN3CCCC23)n1. The molecule has 2 atom stereocenters. The molecule has 19 heavy (non-hydrogen) atoms. The maximum absolute atomic E-state index is 9.31. The number of aryl methyl sites for hydroxylation is 2. The summed E-state index contributed by atoms with van der Waals surface area (Å²) in [5.41, 5.74) is 2.68. The third-order valence-corrected chi connectivity index (χ3v) is 4.38. The fourth-order valence-electron chi connectivity index (χ4n) is 3.51. The van der Waals surface area contributed by atoms with Gasteiger partial charge in [0.05, 0.1) is 5.56 Å². The van der Waals surface area contributed by atoms with Gasteiger partial charge < -0.3 is 5.32 Å². The summed E-state index contributed by atoms with van der Waals surface area (Å²) in [6.07, 6.45) is 3.72. The number of nitriles is 1. The van der Waals surface area contributed by atoms with Crippen molar-refractivity contribution in [1.29, 1.82) is 5.26 Å². The van der Waals surface area contributed by atoms with E-state index in [-0.39, 0.29) is 0 Å². The predicted octanol–water partition coefficient (Wildman–Crippen LogP) is 2.22. The number of pyridine rings is 1. The monoisotopic (exact) mass is 256 g/mol. The molecule has 0 aliphatic carbocycles. The Bertz CT molecular complexity index is 532. The van der Waals surface area contributed by atoms with Crippen LogP contribution in [0.2, 0.25) is 0 Å². The highest BCUT2D eigenvalue weighted by Crippen LogP contribution is 2.30. The van der Waals surface area contributed by atoms with E-state index in [2.05, 4.69) is 21.3 Å². The zero-order valence-corrected chi connectivity index (χ0v) is 11.6. The van der Waals surface area contributed by atoms with Gasteiger partial charge in [-0.3, -0.25) is 4.90 Å². The number of hydrogen-bond acceptors (Lipinski definition) is 4. The van der Waals surface area contributed by atoms with Crippen molar-refractivity contribution in [2.45, 2.75) is 45.2 Å². The maximum atomic E-state index is 9.31. The lowest BCUT2D eigenvalue weighted by Crippen LogP contribution is -2.34. The van der Waals surface area contributed by atoms with E-state index >= 15 is 0 Å². The van der Waals surface area contributed by atoms with Crippen LogP contribution in [0.25, 0.3) is 0 Å². The molecule has 0 aromatic carbocycles. The fraction of sp³-hybridized carbons (Fsp3) is 0.600. The van der Waals surface area contributed by atoms with E-state index in [0.29, 0.717) is 17.6 Å². The maximum Gasteiger partial charge on any atom is 0.144 e. The van der Waals surface area contributed by atoms with Crippen LogP contribution in [0.3, 0.4) is 0 Å². The van der Waals surface area contributed by atoms with Crippen molar-refractivity contribution in [2.75, 3.05) is 18.4 Å². The van der Waals surface area contributed by atoms with Crippen LogP contribution < -0.4 is 5.32 Å². The van der Waals surface area contributed by atoms with E-state index in [0.717, 1.165) is 23.5 Å². The highest BCUT2D eigenvalue weighted by atomic mass is 15.2. The molecular formula is C15H20N4. The summed E-state index contributed by atoms with van der Waals surface area (Å²) in [5.74, 6) is 0.777. The van der Waals surface area contributed by atoms with Crippen molar-refractivity contribution >= 4 is 5.82 Å². The molecule has 1 aromatic heterocycles. The zero-order valence-electron chi connectivity index (χ0n) is 11.6. The first-order valence-corrected chi connectivity index (χ1v) is 7.08. The fourth-order valence-corrected chi connectivity index (χ4v) is 3.51. The zero-order chi connectivity index (χ0) is 13.4. The summed E-state index contributed by atoms with van der Waals surface area (Å²) < 4.78 is 0. The Morgan fingerprint density at radius 2 is 2.21 bits per heavy atom. The number of nitrogens with zero attached hydrogens (tertiary/aromatic N) is 3. The molecule has 2 aliphatic heterocycles. The standard InChI is InChI=1S/C15H20N4/c1-10-8-11(2)17-15(12(10)9-16)18-13-5-7-19-6-3-4-14(13)19/h8,13-14H,3-7H2,1-2H3,(H,17,18). The Kier molecular flexibility index (Phi) is 3.16. The lowest BCUT2D eigenvalue weighted by Gasteiger charge is -2.22. The van der Waals surface area contributed by atoms with Gasteiger partial charge in [-0.15, -0.1) is 0 Å². The number of hydrogen-bond donors (Lipinski definition) is 1. The van der Waals surface area contributed by atoms with Crippen molar-refractivity contribution in [1.82, 2.24) is 9.88 Å². The van der Waals surface area contributed by atoms with Crippen LogP contribution in [0.15, 0.2) is 6.07 Å². The molecule has 2 saturated heterocycles. The average molecular weight is 256 g/mol. The molecule has 3 heterocycles. The summed E-state index contributed by atoms with van der Waals surface area (Å²) in [7, 11) is 0. The lowest BCUT2D eigenvalue weighted by atomic mass is 10.1. The minimum absolute atomic E-state index is 0.448. The van der Waals surface area contributed by atoms with Gasteiger partial charge in [0.2, 0.25) is 0 Å². The Balaban J connectivity index is 1.85. The normalized spacial score (nSPS) is 26.2. The minimum Gasteiger partial charge on any atom is -0.365 e. The van der Waals surface area contributed by atoms with Crippen molar-refractivity contribution in [3.8, 4) is 6.07 Å². The van der Waals surface area contributed by atoms with Crippen LogP contribution in [0.1, 0.15) is 36.1 Å². The third kappa shape index (κ3) is 2.19. The van der Waals surface area contributed by atoms with Crippen LogP contribution in [0, 0.1) is 25.2 Å². The first kappa shape index (κ1) is 12.4. The smallest absolute Gasteiger partial charge is 0.144 e. The number of fused-ring (bicyclic) bond motifs is 1. The Morgan fingerprint density at radius 3 is 3.00 bits per heavy atom. The van der Waals surface area contributed by atoms with Gasteiger partial charge in [0.1, 0.15) is 11.9 Å². The summed E-state index contributed by atoms with van der Waals surface area (Å²) in [6.45, 7) is 6.37. The molecule has 1 aromatic rings. The first-order valence-electron chi connectivity index (χ1n) is 7.08. The second-order valence-electron chi connectivity index (χ2n) is 5.70. The van der Waals surface area contributed by atoms with Crippen LogP contribution in [0.4, 0.5) is 5.82 Å². The average Bonchev–Trinajstić information content (AvgIpc) is 2.93. The molecule has 0 amide bonds. The van der Waals surface area contributed by atoms with Crippen LogP contribution in [-0.4, -0.2) is 35.1 Å². The summed E-state index contributed by atoms with van der Waals surface area (Å²) in [6, 6.07) is 5.34. The lowest BCUT2D eigenvalue weighted by molar-refractivity contribution is 0.318. The van der Waals surface area contributed by atoms with Crippen LogP contribution >= 0.6 is 0 Å². The number of nitrogens with one attached hydrogen (secondary N) is 1. The van der Waals surface area contributed by atoms with E-state index in [9.17, 15) is 5.26 Å². The van der Waals surface area contributed by atoms with Gasteiger partial charge in [-0.1, -0.05) is 0 Å². The highest BCUT2D eigenvalue weighted by Gasteiger charge is 2.37. The van der Waals surface area contributed by atoms with Gasteiger partial charge in [-0.25, -0.2) is 4.98 Å². The largest absolute Gasteiger partial charge is 0.365 e. The molecule has 4 heteroatoms. The molecule has 0 saturated carbocycles. The van der Waals surface area contributed by atoms with Crippen molar-refractivity contribution in [2.24, 2.45) is 0 Å². The Labute approximate surface area is 114 Å². The number of aromatic nitrogens is 1. The van der Waals surface area contributed by atoms with Gasteiger partial charge in [-0.05, 0) is 51.3 Å². The topological polar surface area (TPSA) is 52.0 Å². The molecular weight excluding hydrogens is 236 g/mol. The molecule has 0 spiro atoms. The molecule has 0 bridgehead atoms. The summed E-state index contributed by atoms with van der Waals surface area (Å²) in [5, 5.41) is 12.8. The second kappa shape index (κ2) is 4.82. The Morgan fingerprint density at radius 1 is 1.37 bits per heavy atom. The highest BCUT2D eigenvalue weighted by molar-refractivity contribution is 5.57. The van der Waals surface area contributed by atoms with Gasteiger partial charge in [0.25, 0.3) is 0 Å². The van der Waals surface area contributed by atoms with Crippen molar-refractivity contribution < 1.29 is 0 Å². The van der Waals surface area contributed by atoms with E-state index < -0.39 is 0 Å². The molecule has 2 aliphatic rings. The predicted molar refractivity (Wildman–Crippen MR) is 75.0 cm³/mol. The van der Waals surface area contributed by atoms with E-state index in [1.54, 1.807) is 0 Å². The van der Waals surface area contributed by atoms with Gasteiger partial charge in [0.15, 0.2) is 0 Å². The molecule has 100 valence electrons. The summed E-state index contributed by atoms with van der Waals surface area (Å²) in [4.78, 5) is 7.09. The van der Waals surface area contributed by atoms with E-state index in [1.165, 1.54) is 25.9 Å². The van der Waals surface area contributed by atoms with Crippen LogP contribution in [0.5, 0.6) is 0 Å². The first-order chi connectivity index (χ1) is 9.19. The Hall–Kier alpha value is -1.60. The minimum atomic E-state index is 0.448. The van der Waals surface area contributed by atoms with Gasteiger partial charge in [0, 0.05) is 24.3 Å². The number of rotatable bonds is 2. The molecule has 1 N–H and O–H groups in total. The summed E-state index contributed by atoms with van der Waals surface area (Å²) >= 11 is 0. The van der Waals surface area contributed by atoms with E-state index in [4.69, 9.17) is 0 Å². The quantitative estimate of drug-likeness (QED) is 0.881. The van der Waals surface area contributed by atoms with E-state index in [1.807, 2.05) is 19.9 Å². The number of anilines is 1. The van der Waals surface area contributed by atoms with Gasteiger partial charge >= 0.3 is 0 Å².